The number of aromatic amines is 1. The van der Waals surface area contributed by atoms with Crippen LogP contribution in [0, 0.1) is 12.8 Å². The highest BCUT2D eigenvalue weighted by molar-refractivity contribution is 7.10. The molecule has 3 rings (SSSR count). The molecule has 1 aliphatic rings. The number of H-pyrrole nitrogens is 1. The van der Waals surface area contributed by atoms with E-state index in [1.54, 1.807) is 18.3 Å². The lowest BCUT2D eigenvalue weighted by atomic mass is 9.80. The van der Waals surface area contributed by atoms with Crippen molar-refractivity contribution in [2.75, 3.05) is 0 Å². The fourth-order valence-electron chi connectivity index (χ4n) is 2.62. The average molecular weight is 275 g/mol. The number of aromatic nitrogens is 2. The summed E-state index contributed by atoms with van der Waals surface area (Å²) in [5, 5.41) is 18.6. The van der Waals surface area contributed by atoms with E-state index < -0.39 is 11.9 Å². The van der Waals surface area contributed by atoms with Crippen LogP contribution in [0.2, 0.25) is 0 Å². The smallest absolute Gasteiger partial charge is 0.313 e. The minimum atomic E-state index is -0.842. The largest absolute Gasteiger partial charge is 0.481 e. The van der Waals surface area contributed by atoms with Crippen molar-refractivity contribution in [1.29, 1.82) is 0 Å². The van der Waals surface area contributed by atoms with Crippen molar-refractivity contribution in [2.24, 2.45) is 10.9 Å². The number of carboxylic acid groups (broad SMARTS) is 1. The first kappa shape index (κ1) is 12.1. The van der Waals surface area contributed by atoms with Crippen molar-refractivity contribution in [1.82, 2.24) is 10.2 Å². The Morgan fingerprint density at radius 2 is 2.26 bits per heavy atom. The maximum Gasteiger partial charge on any atom is 0.313 e. The molecule has 5 nitrogen and oxygen atoms in total. The number of nitrogens with one attached hydrogen (secondary N) is 1. The monoisotopic (exact) mass is 275 g/mol. The van der Waals surface area contributed by atoms with Crippen molar-refractivity contribution in [3.8, 4) is 0 Å². The number of carbonyl (C=O) groups is 1. The van der Waals surface area contributed by atoms with Gasteiger partial charge in [-0.1, -0.05) is 6.07 Å². The summed E-state index contributed by atoms with van der Waals surface area (Å²) in [6, 6.07) is 3.91. The van der Waals surface area contributed by atoms with Crippen LogP contribution >= 0.6 is 11.3 Å². The highest BCUT2D eigenvalue weighted by Gasteiger charge is 2.40. The summed E-state index contributed by atoms with van der Waals surface area (Å²) in [6.07, 6.45) is 0. The Kier molecular flexibility index (Phi) is 2.74. The van der Waals surface area contributed by atoms with Gasteiger partial charge in [0.25, 0.3) is 0 Å². The minimum Gasteiger partial charge on any atom is -0.481 e. The van der Waals surface area contributed by atoms with E-state index in [4.69, 9.17) is 0 Å². The first-order valence-corrected chi connectivity index (χ1v) is 6.84. The van der Waals surface area contributed by atoms with Gasteiger partial charge in [-0.2, -0.15) is 5.10 Å². The molecule has 0 saturated heterocycles. The SMILES string of the molecule is CC1=Nc2n[nH]c(C)c2C(c2cccs2)C1C(=O)O. The van der Waals surface area contributed by atoms with Crippen molar-refractivity contribution < 1.29 is 9.90 Å². The molecular weight excluding hydrogens is 262 g/mol. The Morgan fingerprint density at radius 3 is 2.89 bits per heavy atom. The van der Waals surface area contributed by atoms with E-state index in [-0.39, 0.29) is 5.92 Å². The normalized spacial score (nSPS) is 21.9. The number of rotatable bonds is 2. The molecule has 0 aromatic carbocycles. The standard InChI is InChI=1S/C13H13N3O2S/c1-6-10(13(17)18)11(8-4-3-5-19-8)9-7(2)15-16-12(9)14-6/h3-5,10-11H,1-2H3,(H,15,16)(H,17,18). The second-order valence-corrected chi connectivity index (χ2v) is 5.63. The molecule has 0 fully saturated rings. The molecule has 2 aromatic heterocycles. The second kappa shape index (κ2) is 4.31. The Labute approximate surface area is 114 Å². The number of carboxylic acids is 1. The van der Waals surface area contributed by atoms with E-state index >= 15 is 0 Å². The summed E-state index contributed by atoms with van der Waals surface area (Å²) in [6.45, 7) is 3.66. The third-order valence-corrected chi connectivity index (χ3v) is 4.42. The molecule has 6 heteroatoms. The maximum atomic E-state index is 11.6. The van der Waals surface area contributed by atoms with Gasteiger partial charge in [0.1, 0.15) is 5.92 Å². The first-order valence-electron chi connectivity index (χ1n) is 5.96. The molecule has 1 aliphatic heterocycles. The van der Waals surface area contributed by atoms with Crippen LogP contribution in [0.5, 0.6) is 0 Å². The molecule has 3 heterocycles. The zero-order valence-corrected chi connectivity index (χ0v) is 11.4. The van der Waals surface area contributed by atoms with E-state index in [9.17, 15) is 9.90 Å². The molecule has 2 N–H and O–H groups in total. The van der Waals surface area contributed by atoms with E-state index in [2.05, 4.69) is 15.2 Å². The van der Waals surface area contributed by atoms with Gasteiger partial charge in [0, 0.05) is 27.8 Å². The Morgan fingerprint density at radius 1 is 1.47 bits per heavy atom. The molecule has 19 heavy (non-hydrogen) atoms. The van der Waals surface area contributed by atoms with Crippen LogP contribution in [0.1, 0.15) is 29.0 Å². The Hall–Kier alpha value is -1.95. The molecule has 0 saturated carbocycles. The number of thiophene rings is 1. The van der Waals surface area contributed by atoms with Gasteiger partial charge in [0.15, 0.2) is 5.82 Å². The van der Waals surface area contributed by atoms with Crippen molar-refractivity contribution >= 4 is 28.8 Å². The minimum absolute atomic E-state index is 0.205. The molecule has 0 aliphatic carbocycles. The number of aliphatic carboxylic acids is 1. The molecular formula is C13H13N3O2S. The van der Waals surface area contributed by atoms with Gasteiger partial charge in [-0.15, -0.1) is 11.3 Å². The van der Waals surface area contributed by atoms with E-state index in [0.717, 1.165) is 16.1 Å². The molecule has 0 radical (unpaired) electrons. The topological polar surface area (TPSA) is 78.3 Å². The van der Waals surface area contributed by atoms with Gasteiger partial charge in [-0.25, -0.2) is 4.99 Å². The Balaban J connectivity index is 2.23. The second-order valence-electron chi connectivity index (χ2n) is 4.65. The van der Waals surface area contributed by atoms with Gasteiger partial charge in [-0.3, -0.25) is 9.89 Å². The van der Waals surface area contributed by atoms with Crippen LogP contribution in [-0.2, 0) is 4.79 Å². The van der Waals surface area contributed by atoms with Crippen LogP contribution in [0.15, 0.2) is 22.5 Å². The summed E-state index contributed by atoms with van der Waals surface area (Å²) in [7, 11) is 0. The molecule has 0 bridgehead atoms. The summed E-state index contributed by atoms with van der Waals surface area (Å²) < 4.78 is 0. The van der Waals surface area contributed by atoms with Crippen molar-refractivity contribution in [3.63, 3.8) is 0 Å². The van der Waals surface area contributed by atoms with Crippen LogP contribution in [0.25, 0.3) is 0 Å². The van der Waals surface area contributed by atoms with Gasteiger partial charge in [0.2, 0.25) is 0 Å². The van der Waals surface area contributed by atoms with Crippen molar-refractivity contribution in [3.05, 3.63) is 33.6 Å². The lowest BCUT2D eigenvalue weighted by Crippen LogP contribution is -2.31. The summed E-state index contributed by atoms with van der Waals surface area (Å²) in [4.78, 5) is 17.0. The third-order valence-electron chi connectivity index (χ3n) is 3.47. The molecule has 98 valence electrons. The summed E-state index contributed by atoms with van der Waals surface area (Å²) >= 11 is 1.57. The van der Waals surface area contributed by atoms with E-state index in [1.165, 1.54) is 0 Å². The fourth-order valence-corrected chi connectivity index (χ4v) is 3.49. The quantitative estimate of drug-likeness (QED) is 0.884. The van der Waals surface area contributed by atoms with Crippen LogP contribution in [-0.4, -0.2) is 27.0 Å². The van der Waals surface area contributed by atoms with Gasteiger partial charge in [-0.05, 0) is 25.3 Å². The van der Waals surface area contributed by atoms with Crippen LogP contribution in [0.4, 0.5) is 5.82 Å². The van der Waals surface area contributed by atoms with Gasteiger partial charge < -0.3 is 5.11 Å². The predicted molar refractivity (Wildman–Crippen MR) is 73.4 cm³/mol. The van der Waals surface area contributed by atoms with E-state index in [0.29, 0.717) is 11.5 Å². The highest BCUT2D eigenvalue weighted by atomic mass is 32.1. The fraction of sp³-hybridized carbons (Fsp3) is 0.308. The molecule has 0 amide bonds. The molecule has 2 aromatic rings. The third kappa shape index (κ3) is 1.79. The summed E-state index contributed by atoms with van der Waals surface area (Å²) in [5.41, 5.74) is 2.39. The Bertz CT molecular complexity index is 657. The number of hydrogen-bond acceptors (Lipinski definition) is 4. The predicted octanol–water partition coefficient (Wildman–Crippen LogP) is 2.72. The van der Waals surface area contributed by atoms with E-state index in [1.807, 2.05) is 24.4 Å². The lowest BCUT2D eigenvalue weighted by Gasteiger charge is -2.26. The first-order chi connectivity index (χ1) is 9.09. The number of nitrogens with zero attached hydrogens (tertiary/aromatic N) is 2. The maximum absolute atomic E-state index is 11.6. The number of fused-ring (bicyclic) bond motifs is 1. The lowest BCUT2D eigenvalue weighted by molar-refractivity contribution is -0.139. The molecule has 2 atom stereocenters. The molecule has 2 unspecified atom stereocenters. The number of aliphatic imine (C=N–C) groups is 1. The van der Waals surface area contributed by atoms with Gasteiger partial charge in [0.05, 0.1) is 0 Å². The van der Waals surface area contributed by atoms with Gasteiger partial charge >= 0.3 is 5.97 Å². The number of hydrogen-bond donors (Lipinski definition) is 2. The molecule has 0 spiro atoms. The van der Waals surface area contributed by atoms with Crippen LogP contribution in [0.3, 0.4) is 0 Å². The summed E-state index contributed by atoms with van der Waals surface area (Å²) in [5.74, 6) is -1.05. The van der Waals surface area contributed by atoms with Crippen molar-refractivity contribution in [2.45, 2.75) is 19.8 Å². The average Bonchev–Trinajstić information content (AvgIpc) is 2.97. The highest BCUT2D eigenvalue weighted by Crippen LogP contribution is 2.44. The zero-order valence-electron chi connectivity index (χ0n) is 10.5. The van der Waals surface area contributed by atoms with Crippen LogP contribution < -0.4 is 0 Å². The zero-order chi connectivity index (χ0) is 13.6. The number of aryl methyl sites for hydroxylation is 1.